The van der Waals surface area contributed by atoms with Gasteiger partial charge < -0.3 is 10.2 Å². The summed E-state index contributed by atoms with van der Waals surface area (Å²) in [6.45, 7) is 10.2. The van der Waals surface area contributed by atoms with Gasteiger partial charge in [0, 0.05) is 11.4 Å². The first-order valence-electron chi connectivity index (χ1n) is 8.97. The molecule has 3 rings (SSSR count). The first-order valence-corrected chi connectivity index (χ1v) is 9.85. The van der Waals surface area contributed by atoms with Gasteiger partial charge in [0.15, 0.2) is 0 Å². The van der Waals surface area contributed by atoms with Gasteiger partial charge in [-0.3, -0.25) is 0 Å². The lowest BCUT2D eigenvalue weighted by Crippen LogP contribution is -2.25. The van der Waals surface area contributed by atoms with Crippen LogP contribution in [0.4, 0.5) is 5.69 Å². The van der Waals surface area contributed by atoms with Crippen molar-refractivity contribution < 1.29 is 0 Å². The van der Waals surface area contributed by atoms with Gasteiger partial charge in [-0.05, 0) is 56.9 Å². The van der Waals surface area contributed by atoms with Crippen LogP contribution in [0.5, 0.6) is 0 Å². The fourth-order valence-corrected chi connectivity index (χ4v) is 4.09. The molecule has 0 amide bonds. The van der Waals surface area contributed by atoms with Crippen LogP contribution in [0.2, 0.25) is 0 Å². The molecule has 0 spiro atoms. The van der Waals surface area contributed by atoms with E-state index in [-0.39, 0.29) is 0 Å². The number of aromatic nitrogens is 1. The summed E-state index contributed by atoms with van der Waals surface area (Å²) in [5, 5.41) is 7.13. The first kappa shape index (κ1) is 17.2. The Morgan fingerprint density at radius 2 is 1.92 bits per heavy atom. The van der Waals surface area contributed by atoms with Crippen LogP contribution in [0.25, 0.3) is 21.1 Å². The highest BCUT2D eigenvalue weighted by Crippen LogP contribution is 2.34. The third-order valence-electron chi connectivity index (χ3n) is 4.68. The molecule has 1 atom stereocenters. The topological polar surface area (TPSA) is 28.2 Å². The van der Waals surface area contributed by atoms with Gasteiger partial charge in [0.25, 0.3) is 0 Å². The summed E-state index contributed by atoms with van der Waals surface area (Å²) in [6, 6.07) is 11.0. The van der Waals surface area contributed by atoms with Crippen molar-refractivity contribution in [2.24, 2.45) is 0 Å². The summed E-state index contributed by atoms with van der Waals surface area (Å²) in [6.07, 6.45) is 2.41. The van der Waals surface area contributed by atoms with Gasteiger partial charge in [-0.1, -0.05) is 32.0 Å². The van der Waals surface area contributed by atoms with Crippen LogP contribution in [-0.2, 0) is 0 Å². The Bertz CT molecular complexity index is 792. The molecule has 0 aliphatic rings. The molecule has 0 aliphatic heterocycles. The van der Waals surface area contributed by atoms with E-state index in [0.29, 0.717) is 6.04 Å². The van der Waals surface area contributed by atoms with Crippen molar-refractivity contribution in [1.29, 1.82) is 0 Å². The van der Waals surface area contributed by atoms with Crippen LogP contribution in [0.15, 0.2) is 35.7 Å². The van der Waals surface area contributed by atoms with Crippen LogP contribution in [0, 0.1) is 0 Å². The fourth-order valence-electron chi connectivity index (χ4n) is 3.24. The van der Waals surface area contributed by atoms with Gasteiger partial charge in [0.05, 0.1) is 21.4 Å². The van der Waals surface area contributed by atoms with Crippen molar-refractivity contribution in [2.45, 2.75) is 39.7 Å². The highest BCUT2D eigenvalue weighted by molar-refractivity contribution is 7.17. The molecule has 24 heavy (non-hydrogen) atoms. The number of hydrogen-bond acceptors (Lipinski definition) is 4. The number of hydrogen-bond donors (Lipinski definition) is 1. The highest BCUT2D eigenvalue weighted by atomic mass is 32.1. The quantitative estimate of drug-likeness (QED) is 0.597. The average Bonchev–Trinajstić information content (AvgIpc) is 3.07. The largest absolute Gasteiger partial charge is 0.381 e. The molecule has 0 radical (unpaired) electrons. The Kier molecular flexibility index (Phi) is 5.69. The van der Waals surface area contributed by atoms with E-state index in [1.807, 2.05) is 0 Å². The number of benzene rings is 1. The van der Waals surface area contributed by atoms with E-state index >= 15 is 0 Å². The van der Waals surface area contributed by atoms with Crippen molar-refractivity contribution >= 4 is 38.1 Å². The molecule has 1 N–H and O–H groups in total. The second-order valence-electron chi connectivity index (χ2n) is 6.35. The number of nitrogens with one attached hydrogen (secondary N) is 1. The van der Waals surface area contributed by atoms with E-state index < -0.39 is 0 Å². The standard InChI is InChI=1S/C20H27N3S/c1-4-23(5-2)13-8-9-15(3)21-19-16-10-6-7-11-17(16)22-18-12-14-24-20(18)19/h6-7,10-12,14-15H,4-5,8-9,13H2,1-3H3,(H,21,22). The molecule has 128 valence electrons. The van der Waals surface area contributed by atoms with Gasteiger partial charge in [-0.2, -0.15) is 0 Å². The fraction of sp³-hybridized carbons (Fsp3) is 0.450. The summed E-state index contributed by atoms with van der Waals surface area (Å²) in [5.41, 5.74) is 3.42. The zero-order valence-electron chi connectivity index (χ0n) is 14.9. The SMILES string of the molecule is CCN(CC)CCCC(C)Nc1c2ccccc2nc2ccsc12. The Morgan fingerprint density at radius 1 is 1.12 bits per heavy atom. The third kappa shape index (κ3) is 3.70. The maximum absolute atomic E-state index is 4.78. The number of anilines is 1. The zero-order valence-corrected chi connectivity index (χ0v) is 15.7. The summed E-state index contributed by atoms with van der Waals surface area (Å²) in [7, 11) is 0. The van der Waals surface area contributed by atoms with E-state index in [0.717, 1.165) is 24.1 Å². The van der Waals surface area contributed by atoms with Crippen molar-refractivity contribution in [2.75, 3.05) is 25.0 Å². The number of thiophene rings is 1. The van der Waals surface area contributed by atoms with Crippen LogP contribution in [-0.4, -0.2) is 35.6 Å². The van der Waals surface area contributed by atoms with Crippen LogP contribution in [0.1, 0.15) is 33.6 Å². The van der Waals surface area contributed by atoms with E-state index in [2.05, 4.69) is 66.7 Å². The van der Waals surface area contributed by atoms with E-state index in [1.165, 1.54) is 35.2 Å². The second-order valence-corrected chi connectivity index (χ2v) is 7.27. The van der Waals surface area contributed by atoms with Gasteiger partial charge >= 0.3 is 0 Å². The maximum atomic E-state index is 4.78. The number of para-hydroxylation sites is 1. The molecule has 1 unspecified atom stereocenters. The van der Waals surface area contributed by atoms with Crippen LogP contribution < -0.4 is 5.32 Å². The van der Waals surface area contributed by atoms with Gasteiger partial charge in [-0.15, -0.1) is 11.3 Å². The molecular formula is C20H27N3S. The van der Waals surface area contributed by atoms with Crippen molar-refractivity contribution in [3.63, 3.8) is 0 Å². The van der Waals surface area contributed by atoms with Gasteiger partial charge in [0.2, 0.25) is 0 Å². The molecule has 0 aliphatic carbocycles. The molecule has 2 heterocycles. The minimum atomic E-state index is 0.455. The van der Waals surface area contributed by atoms with Crippen molar-refractivity contribution in [1.82, 2.24) is 9.88 Å². The molecule has 4 heteroatoms. The molecular weight excluding hydrogens is 314 g/mol. The van der Waals surface area contributed by atoms with E-state index in [9.17, 15) is 0 Å². The van der Waals surface area contributed by atoms with Gasteiger partial charge in [0.1, 0.15) is 0 Å². The average molecular weight is 342 g/mol. The number of pyridine rings is 1. The molecule has 0 saturated carbocycles. The predicted molar refractivity (Wildman–Crippen MR) is 107 cm³/mol. The second kappa shape index (κ2) is 7.95. The monoisotopic (exact) mass is 341 g/mol. The summed E-state index contributed by atoms with van der Waals surface area (Å²) < 4.78 is 1.27. The molecule has 0 fully saturated rings. The molecule has 3 nitrogen and oxygen atoms in total. The Morgan fingerprint density at radius 3 is 2.71 bits per heavy atom. The molecule has 0 bridgehead atoms. The summed E-state index contributed by atoms with van der Waals surface area (Å²) >= 11 is 1.77. The molecule has 0 saturated heterocycles. The van der Waals surface area contributed by atoms with Crippen molar-refractivity contribution in [3.05, 3.63) is 35.7 Å². The Hall–Kier alpha value is -1.65. The third-order valence-corrected chi connectivity index (χ3v) is 5.60. The molecule has 3 aromatic rings. The summed E-state index contributed by atoms with van der Waals surface area (Å²) in [5.74, 6) is 0. The van der Waals surface area contributed by atoms with Crippen molar-refractivity contribution in [3.8, 4) is 0 Å². The number of nitrogens with zero attached hydrogens (tertiary/aromatic N) is 2. The van der Waals surface area contributed by atoms with Crippen LogP contribution in [0.3, 0.4) is 0 Å². The highest BCUT2D eigenvalue weighted by Gasteiger charge is 2.12. The molecule has 1 aromatic carbocycles. The van der Waals surface area contributed by atoms with E-state index in [1.54, 1.807) is 11.3 Å². The summed E-state index contributed by atoms with van der Waals surface area (Å²) in [4.78, 5) is 7.27. The first-order chi connectivity index (χ1) is 11.7. The zero-order chi connectivity index (χ0) is 16.9. The maximum Gasteiger partial charge on any atom is 0.0838 e. The smallest absolute Gasteiger partial charge is 0.0838 e. The van der Waals surface area contributed by atoms with Crippen LogP contribution >= 0.6 is 11.3 Å². The number of fused-ring (bicyclic) bond motifs is 2. The lowest BCUT2D eigenvalue weighted by molar-refractivity contribution is 0.295. The minimum Gasteiger partial charge on any atom is -0.381 e. The normalized spacial score (nSPS) is 13.0. The molecule has 2 aromatic heterocycles. The minimum absolute atomic E-state index is 0.455. The Balaban J connectivity index is 1.77. The van der Waals surface area contributed by atoms with E-state index in [4.69, 9.17) is 4.98 Å². The Labute approximate surface area is 148 Å². The lowest BCUT2D eigenvalue weighted by atomic mass is 10.1. The van der Waals surface area contributed by atoms with Gasteiger partial charge in [-0.25, -0.2) is 4.98 Å². The lowest BCUT2D eigenvalue weighted by Gasteiger charge is -2.21. The number of rotatable bonds is 8. The predicted octanol–water partition coefficient (Wildman–Crippen LogP) is 5.37.